The molecule has 0 saturated heterocycles. The molecule has 3 nitrogen and oxygen atoms in total. The molecule has 2 rings (SSSR count). The summed E-state index contributed by atoms with van der Waals surface area (Å²) in [5, 5.41) is 7.34. The van der Waals surface area contributed by atoms with E-state index in [-0.39, 0.29) is 36.1 Å². The molecule has 0 aliphatic carbocycles. The molecule has 2 aromatic carbocycles. The molecule has 6 heteroatoms. The first-order chi connectivity index (χ1) is 9.08. The Morgan fingerprint density at radius 2 is 1.75 bits per heavy atom. The fraction of sp³-hybridized carbons (Fsp3) is 0.0714. The molecular formula is C14H13ClF2N2O. The highest BCUT2D eigenvalue weighted by atomic mass is 35.5. The Morgan fingerprint density at radius 3 is 2.35 bits per heavy atom. The van der Waals surface area contributed by atoms with Gasteiger partial charge in [-0.15, -0.1) is 12.4 Å². The zero-order valence-electron chi connectivity index (χ0n) is 10.4. The number of benzene rings is 2. The summed E-state index contributed by atoms with van der Waals surface area (Å²) in [5.74, 6) is -1.15. The second-order valence-electron chi connectivity index (χ2n) is 3.94. The number of nitrogens with one attached hydrogen (secondary N) is 1. The maximum Gasteiger partial charge on any atom is 0.137 e. The van der Waals surface area contributed by atoms with E-state index in [4.69, 9.17) is 15.9 Å². The van der Waals surface area contributed by atoms with Crippen molar-refractivity contribution in [2.75, 3.05) is 0 Å². The number of hydrogen-bond donors (Lipinski definition) is 2. The highest BCUT2D eigenvalue weighted by molar-refractivity contribution is 5.97. The predicted molar refractivity (Wildman–Crippen MR) is 75.4 cm³/mol. The molecule has 0 aliphatic rings. The van der Waals surface area contributed by atoms with Gasteiger partial charge >= 0.3 is 0 Å². The van der Waals surface area contributed by atoms with Gasteiger partial charge in [0, 0.05) is 0 Å². The van der Waals surface area contributed by atoms with Gasteiger partial charge in [0.15, 0.2) is 0 Å². The molecule has 0 saturated carbocycles. The Kier molecular flexibility index (Phi) is 5.46. The Balaban J connectivity index is 0.00000200. The van der Waals surface area contributed by atoms with Gasteiger partial charge in [-0.05, 0) is 29.8 Å². The van der Waals surface area contributed by atoms with Crippen LogP contribution < -0.4 is 10.5 Å². The first-order valence-corrected chi connectivity index (χ1v) is 5.58. The monoisotopic (exact) mass is 298 g/mol. The molecule has 3 N–H and O–H groups in total. The van der Waals surface area contributed by atoms with Crippen molar-refractivity contribution in [3.63, 3.8) is 0 Å². The molecule has 0 radical (unpaired) electrons. The number of rotatable bonds is 4. The molecule has 0 spiro atoms. The summed E-state index contributed by atoms with van der Waals surface area (Å²) in [6, 6.07) is 9.99. The van der Waals surface area contributed by atoms with Crippen molar-refractivity contribution >= 4 is 18.2 Å². The van der Waals surface area contributed by atoms with Crippen LogP contribution in [0.1, 0.15) is 11.1 Å². The number of halogens is 3. The quantitative estimate of drug-likeness (QED) is 0.672. The first kappa shape index (κ1) is 15.9. The van der Waals surface area contributed by atoms with Crippen molar-refractivity contribution in [2.24, 2.45) is 5.73 Å². The van der Waals surface area contributed by atoms with Crippen LogP contribution in [0.15, 0.2) is 42.5 Å². The lowest BCUT2D eigenvalue weighted by Crippen LogP contribution is -2.15. The second-order valence-corrected chi connectivity index (χ2v) is 3.94. The third-order valence-corrected chi connectivity index (χ3v) is 2.55. The third kappa shape index (κ3) is 3.68. The molecule has 0 amide bonds. The fourth-order valence-electron chi connectivity index (χ4n) is 1.63. The van der Waals surface area contributed by atoms with Crippen LogP contribution in [0.25, 0.3) is 0 Å². The van der Waals surface area contributed by atoms with Gasteiger partial charge in [0.1, 0.15) is 29.8 Å². The summed E-state index contributed by atoms with van der Waals surface area (Å²) < 4.78 is 31.7. The number of amidine groups is 1. The van der Waals surface area contributed by atoms with E-state index in [2.05, 4.69) is 0 Å². The van der Waals surface area contributed by atoms with Gasteiger partial charge in [-0.1, -0.05) is 18.2 Å². The average Bonchev–Trinajstić information content (AvgIpc) is 2.37. The van der Waals surface area contributed by atoms with Gasteiger partial charge in [0.05, 0.1) is 5.56 Å². The van der Waals surface area contributed by atoms with Crippen LogP contribution in [-0.4, -0.2) is 5.84 Å². The fourth-order valence-corrected chi connectivity index (χ4v) is 1.63. The predicted octanol–water partition coefficient (Wildman–Crippen LogP) is 3.25. The maximum atomic E-state index is 13.5. The van der Waals surface area contributed by atoms with Crippen molar-refractivity contribution in [1.29, 1.82) is 5.41 Å². The smallest absolute Gasteiger partial charge is 0.137 e. The molecular weight excluding hydrogens is 286 g/mol. The minimum absolute atomic E-state index is 0. The molecule has 0 heterocycles. The van der Waals surface area contributed by atoms with Gasteiger partial charge in [0.2, 0.25) is 0 Å². The summed E-state index contributed by atoms with van der Waals surface area (Å²) in [5.41, 5.74) is 5.99. The minimum atomic E-state index is -0.607. The van der Waals surface area contributed by atoms with Crippen LogP contribution in [-0.2, 0) is 6.61 Å². The molecule has 0 fully saturated rings. The van der Waals surface area contributed by atoms with E-state index < -0.39 is 11.7 Å². The van der Waals surface area contributed by atoms with E-state index in [1.54, 1.807) is 12.1 Å². The van der Waals surface area contributed by atoms with Gasteiger partial charge in [-0.3, -0.25) is 5.41 Å². The number of nitrogen functional groups attached to an aromatic ring is 1. The van der Waals surface area contributed by atoms with Gasteiger partial charge in [-0.2, -0.15) is 0 Å². The van der Waals surface area contributed by atoms with Crippen LogP contribution in [0.2, 0.25) is 0 Å². The lowest BCUT2D eigenvalue weighted by atomic mass is 10.1. The zero-order chi connectivity index (χ0) is 13.8. The van der Waals surface area contributed by atoms with Crippen molar-refractivity contribution in [2.45, 2.75) is 6.61 Å². The Labute approximate surface area is 121 Å². The molecule has 0 bridgehead atoms. The Bertz CT molecular complexity index is 603. The Morgan fingerprint density at radius 1 is 1.10 bits per heavy atom. The summed E-state index contributed by atoms with van der Waals surface area (Å²) in [6.45, 7) is 0.143. The van der Waals surface area contributed by atoms with Crippen molar-refractivity contribution in [3.05, 3.63) is 65.2 Å². The van der Waals surface area contributed by atoms with Crippen LogP contribution >= 0.6 is 12.4 Å². The lowest BCUT2D eigenvalue weighted by molar-refractivity contribution is 0.303. The molecule has 0 atom stereocenters. The van der Waals surface area contributed by atoms with Crippen LogP contribution in [0.5, 0.6) is 5.75 Å². The van der Waals surface area contributed by atoms with Crippen LogP contribution in [0.3, 0.4) is 0 Å². The zero-order valence-corrected chi connectivity index (χ0v) is 11.2. The lowest BCUT2D eigenvalue weighted by Gasteiger charge is -2.11. The van der Waals surface area contributed by atoms with Crippen molar-refractivity contribution in [3.8, 4) is 5.75 Å². The van der Waals surface area contributed by atoms with E-state index in [1.165, 1.54) is 30.3 Å². The first-order valence-electron chi connectivity index (χ1n) is 5.58. The second kappa shape index (κ2) is 6.86. The molecule has 106 valence electrons. The highest BCUT2D eigenvalue weighted by Crippen LogP contribution is 2.22. The normalized spacial score (nSPS) is 9.70. The molecule has 20 heavy (non-hydrogen) atoms. The number of hydrogen-bond acceptors (Lipinski definition) is 2. The summed E-state index contributed by atoms with van der Waals surface area (Å²) in [6.07, 6.45) is 0. The topological polar surface area (TPSA) is 59.1 Å². The average molecular weight is 299 g/mol. The van der Waals surface area contributed by atoms with Gasteiger partial charge in [0.25, 0.3) is 0 Å². The minimum Gasteiger partial charge on any atom is -0.488 e. The van der Waals surface area contributed by atoms with Crippen LogP contribution in [0, 0.1) is 17.0 Å². The molecule has 0 unspecified atom stereocenters. The van der Waals surface area contributed by atoms with E-state index in [9.17, 15) is 8.78 Å². The van der Waals surface area contributed by atoms with Gasteiger partial charge < -0.3 is 10.5 Å². The third-order valence-electron chi connectivity index (χ3n) is 2.55. The Hall–Kier alpha value is -2.14. The standard InChI is InChI=1S/C14H12F2N2O.ClH/c15-10-6-4-9(5-7-10)8-19-12-3-1-2-11(16)13(12)14(17)18;/h1-7H,8H2,(H3,17,18);1H. The van der Waals surface area contributed by atoms with E-state index >= 15 is 0 Å². The molecule has 0 aromatic heterocycles. The highest BCUT2D eigenvalue weighted by Gasteiger charge is 2.12. The van der Waals surface area contributed by atoms with Gasteiger partial charge in [-0.25, -0.2) is 8.78 Å². The summed E-state index contributed by atoms with van der Waals surface area (Å²) in [4.78, 5) is 0. The number of nitrogens with two attached hydrogens (primary N) is 1. The summed E-state index contributed by atoms with van der Waals surface area (Å²) in [7, 11) is 0. The summed E-state index contributed by atoms with van der Waals surface area (Å²) >= 11 is 0. The number of ether oxygens (including phenoxy) is 1. The van der Waals surface area contributed by atoms with E-state index in [1.807, 2.05) is 0 Å². The van der Waals surface area contributed by atoms with E-state index in [0.29, 0.717) is 0 Å². The largest absolute Gasteiger partial charge is 0.488 e. The molecule has 2 aromatic rings. The van der Waals surface area contributed by atoms with E-state index in [0.717, 1.165) is 5.56 Å². The van der Waals surface area contributed by atoms with Crippen molar-refractivity contribution < 1.29 is 13.5 Å². The SMILES string of the molecule is Cl.N=C(N)c1c(F)cccc1OCc1ccc(F)cc1. The maximum absolute atomic E-state index is 13.5. The van der Waals surface area contributed by atoms with Crippen LogP contribution in [0.4, 0.5) is 8.78 Å². The van der Waals surface area contributed by atoms with Crippen molar-refractivity contribution in [1.82, 2.24) is 0 Å². The molecule has 0 aliphatic heterocycles.